The van der Waals surface area contributed by atoms with Gasteiger partial charge in [-0.05, 0) is 182 Å². The van der Waals surface area contributed by atoms with Crippen molar-refractivity contribution in [2.75, 3.05) is 7.05 Å². The van der Waals surface area contributed by atoms with Gasteiger partial charge in [-0.25, -0.2) is 20.0 Å². The molecule has 2 aromatic heterocycles. The molecule has 18 aromatic carbocycles. The van der Waals surface area contributed by atoms with Gasteiger partial charge in [-0.15, -0.1) is 0 Å². The average molecular weight is 1530 g/mol. The standard InChI is InChI=1S/C112H74N8/c1-118-110(74-31-7-3-8-32-74)116-109(117-111(118)75-33-9-4-10-34-75)83-40-25-37-80(67-83)104-86-42-14-12-28-71(86)56-62-88(104)78-57-63-90-89-43-15-19-48-95(89)112(98(90)68-78)96-64-58-77(69-102(96)120-101-52-22-18-46-93(101)94-47-26-49-97(112)105(94)120)76-35-23-38-81(65-76)107-113-106(73-29-5-2-6-30-73)114-108(115-107)82-39-24-36-79(66-82)103-85-41-13-11-27-70(85)55-61-87(103)72-53-59-84(60-54-72)119-99-50-20-16-44-91(99)92-45-17-21-51-100(92)119/h2-69,107,110H,1H3,(H,113,114,115). The van der Waals surface area contributed by atoms with Crippen molar-refractivity contribution in [2.24, 2.45) is 20.0 Å². The normalized spacial score (nSPS) is 15.8. The van der Waals surface area contributed by atoms with Gasteiger partial charge in [0, 0.05) is 56.5 Å². The first-order chi connectivity index (χ1) is 59.4. The topological polar surface area (TPSA) is 74.6 Å². The van der Waals surface area contributed by atoms with E-state index in [2.05, 4.69) is 439 Å². The zero-order valence-electron chi connectivity index (χ0n) is 65.5. The second-order valence-corrected chi connectivity index (χ2v) is 31.9. The minimum absolute atomic E-state index is 0.283. The zero-order chi connectivity index (χ0) is 79.1. The molecule has 1 spiro atoms. The number of fused-ring (bicyclic) bond motifs is 17. The average Bonchev–Trinajstić information content (AvgIpc) is 1.49. The molecule has 0 bridgehead atoms. The molecule has 3 aliphatic heterocycles. The van der Waals surface area contributed by atoms with E-state index in [0.717, 1.165) is 112 Å². The summed E-state index contributed by atoms with van der Waals surface area (Å²) >= 11 is 0. The highest BCUT2D eigenvalue weighted by molar-refractivity contribution is 6.18. The van der Waals surface area contributed by atoms with E-state index in [-0.39, 0.29) is 6.17 Å². The van der Waals surface area contributed by atoms with Gasteiger partial charge in [0.15, 0.2) is 11.7 Å². The molecule has 5 heterocycles. The largest absolute Gasteiger partial charge is 0.344 e. The smallest absolute Gasteiger partial charge is 0.159 e. The molecular weight excluding hydrogens is 1460 g/mol. The van der Waals surface area contributed by atoms with Crippen LogP contribution in [0.1, 0.15) is 68.0 Å². The molecule has 3 atom stereocenters. The third-order valence-electron chi connectivity index (χ3n) is 25.4. The van der Waals surface area contributed by atoms with Crippen molar-refractivity contribution in [3.8, 4) is 78.1 Å². The molecule has 4 aliphatic rings. The zero-order valence-corrected chi connectivity index (χ0v) is 65.5. The predicted molar refractivity (Wildman–Crippen MR) is 496 cm³/mol. The Morgan fingerprint density at radius 2 is 0.767 bits per heavy atom. The molecule has 1 N–H and O–H groups in total. The highest BCUT2D eigenvalue weighted by atomic mass is 15.3. The van der Waals surface area contributed by atoms with Crippen LogP contribution in [-0.4, -0.2) is 44.4 Å². The van der Waals surface area contributed by atoms with E-state index in [1.54, 1.807) is 0 Å². The van der Waals surface area contributed by atoms with Crippen LogP contribution in [-0.2, 0) is 5.41 Å². The van der Waals surface area contributed by atoms with E-state index in [4.69, 9.17) is 20.0 Å². The Kier molecular flexibility index (Phi) is 15.8. The number of rotatable bonds is 12. The van der Waals surface area contributed by atoms with Gasteiger partial charge >= 0.3 is 0 Å². The summed E-state index contributed by atoms with van der Waals surface area (Å²) in [5, 5.41) is 13.5. The molecule has 120 heavy (non-hydrogen) atoms. The Bertz CT molecular complexity index is 7720. The Morgan fingerprint density at radius 3 is 1.48 bits per heavy atom. The highest BCUT2D eigenvalue weighted by Crippen LogP contribution is 2.62. The maximum absolute atomic E-state index is 5.52. The number of nitrogens with zero attached hydrogens (tertiary/aromatic N) is 7. The molecule has 562 valence electrons. The summed E-state index contributed by atoms with van der Waals surface area (Å²) in [6, 6.07) is 151. The molecular formula is C112H74N8. The molecule has 0 fully saturated rings. The molecule has 0 radical (unpaired) electrons. The molecule has 0 saturated heterocycles. The van der Waals surface area contributed by atoms with Crippen molar-refractivity contribution >= 4 is 88.5 Å². The van der Waals surface area contributed by atoms with Gasteiger partial charge in [0.2, 0.25) is 0 Å². The van der Waals surface area contributed by atoms with Gasteiger partial charge < -0.3 is 19.4 Å². The second kappa shape index (κ2) is 27.5. The van der Waals surface area contributed by atoms with Crippen LogP contribution in [0.5, 0.6) is 0 Å². The Labute approximate surface area is 694 Å². The number of hydrogen-bond donors (Lipinski definition) is 1. The fraction of sp³-hybridized carbons (Fsp3) is 0.0357. The van der Waals surface area contributed by atoms with E-state index in [0.29, 0.717) is 11.7 Å². The van der Waals surface area contributed by atoms with E-state index in [1.807, 2.05) is 0 Å². The van der Waals surface area contributed by atoms with E-state index in [1.165, 1.54) is 98.5 Å². The fourth-order valence-electron chi connectivity index (χ4n) is 20.0. The molecule has 3 unspecified atom stereocenters. The minimum atomic E-state index is -0.744. The maximum atomic E-state index is 5.52. The van der Waals surface area contributed by atoms with Gasteiger partial charge in [-0.2, -0.15) is 0 Å². The minimum Gasteiger partial charge on any atom is -0.344 e. The fourth-order valence-corrected chi connectivity index (χ4v) is 20.0. The molecule has 20 aromatic rings. The maximum Gasteiger partial charge on any atom is 0.159 e. The lowest BCUT2D eigenvalue weighted by atomic mass is 9.65. The third-order valence-corrected chi connectivity index (χ3v) is 25.4. The summed E-state index contributed by atoms with van der Waals surface area (Å²) in [6.45, 7) is 0. The number of aliphatic imine (C=N–C) groups is 4. The molecule has 24 rings (SSSR count). The van der Waals surface area contributed by atoms with Crippen LogP contribution in [0, 0.1) is 0 Å². The van der Waals surface area contributed by atoms with Gasteiger partial charge in [0.05, 0.1) is 33.2 Å². The SMILES string of the molecule is CN1C(c2ccccc2)=NC(c2cccc(-c3c(-c4ccc5c(c4)C4(c6ccccc6-5)c5ccc(-c6cccc(C7N=C(c8ccccc8)N=C(c8cccc(-c9c(-c%10ccc(-n%11c%12ccccc%12c%12ccccc%12%11)cc%10)ccc%10ccccc9%10)c8)N7)c6)cc5-n5c6ccccc6c6cccc4c65)ccc4ccccc34)c2)=NC1c1ccccc1. The van der Waals surface area contributed by atoms with Crippen molar-refractivity contribution in [1.29, 1.82) is 0 Å². The molecule has 0 amide bonds. The van der Waals surface area contributed by atoms with Crippen LogP contribution < -0.4 is 5.32 Å². The van der Waals surface area contributed by atoms with Crippen LogP contribution in [0.3, 0.4) is 0 Å². The van der Waals surface area contributed by atoms with Crippen LogP contribution in [0.4, 0.5) is 0 Å². The van der Waals surface area contributed by atoms with Crippen molar-refractivity contribution in [1.82, 2.24) is 19.4 Å². The van der Waals surface area contributed by atoms with Crippen LogP contribution in [0.2, 0.25) is 0 Å². The first-order valence-electron chi connectivity index (χ1n) is 41.3. The van der Waals surface area contributed by atoms with Crippen molar-refractivity contribution < 1.29 is 0 Å². The number of para-hydroxylation sites is 4. The van der Waals surface area contributed by atoms with E-state index in [9.17, 15) is 0 Å². The summed E-state index contributed by atoms with van der Waals surface area (Å²) in [5.41, 5.74) is 31.0. The summed E-state index contributed by atoms with van der Waals surface area (Å²) in [7, 11) is 2.10. The lowest BCUT2D eigenvalue weighted by Gasteiger charge is -2.40. The molecule has 8 nitrogen and oxygen atoms in total. The van der Waals surface area contributed by atoms with Crippen molar-refractivity contribution in [3.05, 3.63) is 468 Å². The monoisotopic (exact) mass is 1530 g/mol. The van der Waals surface area contributed by atoms with Crippen molar-refractivity contribution in [3.63, 3.8) is 0 Å². The molecule has 8 heteroatoms. The van der Waals surface area contributed by atoms with Gasteiger partial charge in [-0.1, -0.05) is 352 Å². The summed E-state index contributed by atoms with van der Waals surface area (Å²) in [4.78, 5) is 24.0. The number of aromatic nitrogens is 2. The van der Waals surface area contributed by atoms with Crippen molar-refractivity contribution in [2.45, 2.75) is 17.7 Å². The Hall–Kier alpha value is -15.6. The van der Waals surface area contributed by atoms with Crippen LogP contribution >= 0.6 is 0 Å². The first-order valence-corrected chi connectivity index (χ1v) is 41.3. The summed E-state index contributed by atoms with van der Waals surface area (Å²) in [6.07, 6.45) is -0.774. The predicted octanol–water partition coefficient (Wildman–Crippen LogP) is 26.5. The Morgan fingerprint density at radius 1 is 0.283 bits per heavy atom. The van der Waals surface area contributed by atoms with E-state index >= 15 is 0 Å². The quantitative estimate of drug-likeness (QED) is 0.132. The number of nitrogens with one attached hydrogen (secondary N) is 1. The second-order valence-electron chi connectivity index (χ2n) is 31.9. The summed E-state index contributed by atoms with van der Waals surface area (Å²) in [5.74, 6) is 2.97. The van der Waals surface area contributed by atoms with Gasteiger partial charge in [-0.3, -0.25) is 0 Å². The lowest BCUT2D eigenvalue weighted by Crippen LogP contribution is -2.35. The van der Waals surface area contributed by atoms with Crippen LogP contribution in [0.25, 0.3) is 143 Å². The molecule has 0 saturated carbocycles. The highest BCUT2D eigenvalue weighted by Gasteiger charge is 2.51. The third kappa shape index (κ3) is 10.8. The number of amidine groups is 4. The van der Waals surface area contributed by atoms with Crippen LogP contribution in [0.15, 0.2) is 432 Å². The van der Waals surface area contributed by atoms with Gasteiger partial charge in [0.25, 0.3) is 0 Å². The Balaban J connectivity index is 0.621. The number of benzene rings is 18. The number of hydrogen-bond acceptors (Lipinski definition) is 6. The first kappa shape index (κ1) is 68.7. The summed E-state index contributed by atoms with van der Waals surface area (Å²) < 4.78 is 4.95. The van der Waals surface area contributed by atoms with E-state index < -0.39 is 11.6 Å². The van der Waals surface area contributed by atoms with Gasteiger partial charge in [0.1, 0.15) is 24.0 Å². The molecule has 1 aliphatic carbocycles. The lowest BCUT2D eigenvalue weighted by molar-refractivity contribution is 0.383.